The van der Waals surface area contributed by atoms with Crippen LogP contribution in [0.4, 0.5) is 0 Å². The van der Waals surface area contributed by atoms with Gasteiger partial charge in [-0.1, -0.05) is 0 Å². The van der Waals surface area contributed by atoms with E-state index in [-0.39, 0.29) is 16.2 Å². The van der Waals surface area contributed by atoms with E-state index in [1.165, 1.54) is 0 Å². The molecule has 2 aliphatic rings. The monoisotopic (exact) mass is 456 g/mol. The van der Waals surface area contributed by atoms with Gasteiger partial charge in [0.2, 0.25) is 0 Å². The third-order valence-corrected chi connectivity index (χ3v) is 7.64. The minimum atomic E-state index is -2.06. The van der Waals surface area contributed by atoms with E-state index < -0.39 is 31.4 Å². The van der Waals surface area contributed by atoms with Crippen molar-refractivity contribution in [3.63, 3.8) is 0 Å². The second kappa shape index (κ2) is 8.05. The zero-order valence-corrected chi connectivity index (χ0v) is 18.8. The second-order valence-electron chi connectivity index (χ2n) is 8.58. The molecule has 0 aliphatic carbocycles. The van der Waals surface area contributed by atoms with E-state index in [0.29, 0.717) is 39.6 Å². The van der Waals surface area contributed by atoms with E-state index in [2.05, 4.69) is 41.5 Å². The van der Waals surface area contributed by atoms with Gasteiger partial charge in [-0.2, -0.15) is 0 Å². The predicted octanol–water partition coefficient (Wildman–Crippen LogP) is 2.16. The Bertz CT molecular complexity index is 334. The Morgan fingerprint density at radius 2 is 1.04 bits per heavy atom. The maximum absolute atomic E-state index is 5.87. The molecule has 0 amide bonds. The Balaban J connectivity index is 1.65. The van der Waals surface area contributed by atoms with Crippen molar-refractivity contribution < 1.29 is 22.4 Å². The Hall–Kier alpha value is 0.877. The molecule has 2 aliphatic heterocycles. The molecule has 0 radical (unpaired) electrons. The average molecular weight is 456 g/mol. The summed E-state index contributed by atoms with van der Waals surface area (Å²) in [5.74, 6) is 0. The van der Waals surface area contributed by atoms with Crippen molar-refractivity contribution in [2.24, 2.45) is 16.2 Å². The Labute approximate surface area is 151 Å². The normalized spacial score (nSPS) is 26.3. The van der Waals surface area contributed by atoms with Crippen molar-refractivity contribution in [2.75, 3.05) is 39.6 Å². The topological polar surface area (TPSA) is 55.4 Å². The SMILES string of the molecule is CC1(C)CO[As](OCC(C)(C)CO[As]2OCC(C)(C)CO2)OC1. The summed E-state index contributed by atoms with van der Waals surface area (Å²) >= 11 is -4.12. The summed E-state index contributed by atoms with van der Waals surface area (Å²) < 4.78 is 34.6. The maximum atomic E-state index is 5.87. The fourth-order valence-corrected chi connectivity index (χ4v) is 8.38. The van der Waals surface area contributed by atoms with Crippen LogP contribution in [0, 0.1) is 16.2 Å². The molecule has 2 heterocycles. The fraction of sp³-hybridized carbons (Fsp3) is 1.00. The number of hydrogen-bond donors (Lipinski definition) is 0. The van der Waals surface area contributed by atoms with Crippen molar-refractivity contribution in [3.8, 4) is 0 Å². The van der Waals surface area contributed by atoms with Crippen LogP contribution in [0.5, 0.6) is 0 Å². The number of rotatable bonds is 6. The molecule has 0 unspecified atom stereocenters. The van der Waals surface area contributed by atoms with Crippen molar-refractivity contribution in [3.05, 3.63) is 0 Å². The third kappa shape index (κ3) is 7.33. The van der Waals surface area contributed by atoms with E-state index in [9.17, 15) is 0 Å². The summed E-state index contributed by atoms with van der Waals surface area (Å²) in [5.41, 5.74) is 0.0496. The summed E-state index contributed by atoms with van der Waals surface area (Å²) in [6, 6.07) is 0. The van der Waals surface area contributed by atoms with Gasteiger partial charge >= 0.3 is 151 Å². The van der Waals surface area contributed by atoms with E-state index in [1.807, 2.05) is 0 Å². The minimum absolute atomic E-state index is 0.0859. The van der Waals surface area contributed by atoms with Crippen molar-refractivity contribution in [1.82, 2.24) is 0 Å². The molecule has 136 valence electrons. The van der Waals surface area contributed by atoms with Crippen LogP contribution in [-0.2, 0) is 22.4 Å². The van der Waals surface area contributed by atoms with Gasteiger partial charge in [-0.25, -0.2) is 0 Å². The molecular weight excluding hydrogens is 426 g/mol. The van der Waals surface area contributed by atoms with Gasteiger partial charge < -0.3 is 0 Å². The van der Waals surface area contributed by atoms with E-state index in [4.69, 9.17) is 22.4 Å². The van der Waals surface area contributed by atoms with Gasteiger partial charge in [0, 0.05) is 0 Å². The van der Waals surface area contributed by atoms with Crippen LogP contribution >= 0.6 is 0 Å². The summed E-state index contributed by atoms with van der Waals surface area (Å²) in [6.07, 6.45) is 0. The standard InChI is InChI=1S/C15H30As2O6/c1-13(2,7-18-16-20-9-14(3,4)10-21-16)8-19-17-22-11-15(5,6)12-23-17/h7-12H2,1-6H3. The van der Waals surface area contributed by atoms with Crippen molar-refractivity contribution >= 4 is 31.4 Å². The quantitative estimate of drug-likeness (QED) is 0.572. The first-order chi connectivity index (χ1) is 10.6. The molecule has 2 rings (SSSR count). The van der Waals surface area contributed by atoms with Gasteiger partial charge in [0.05, 0.1) is 0 Å². The third-order valence-electron chi connectivity index (χ3n) is 3.36. The van der Waals surface area contributed by atoms with E-state index >= 15 is 0 Å². The second-order valence-corrected chi connectivity index (χ2v) is 13.7. The van der Waals surface area contributed by atoms with Crippen LogP contribution < -0.4 is 0 Å². The van der Waals surface area contributed by atoms with Crippen LogP contribution in [0.2, 0.25) is 0 Å². The Morgan fingerprint density at radius 1 is 0.739 bits per heavy atom. The van der Waals surface area contributed by atoms with Gasteiger partial charge in [-0.15, -0.1) is 0 Å². The fourth-order valence-electron chi connectivity index (χ4n) is 1.71. The van der Waals surface area contributed by atoms with Crippen LogP contribution in [0.3, 0.4) is 0 Å². The van der Waals surface area contributed by atoms with Gasteiger partial charge in [0.1, 0.15) is 0 Å². The van der Waals surface area contributed by atoms with E-state index in [1.54, 1.807) is 0 Å². The number of hydrogen-bond acceptors (Lipinski definition) is 6. The predicted molar refractivity (Wildman–Crippen MR) is 88.6 cm³/mol. The first kappa shape index (κ1) is 20.2. The summed E-state index contributed by atoms with van der Waals surface area (Å²) in [5, 5.41) is 0. The molecule has 0 aromatic rings. The molecule has 2 fully saturated rings. The van der Waals surface area contributed by atoms with Crippen LogP contribution in [0.1, 0.15) is 41.5 Å². The van der Waals surface area contributed by atoms with Crippen molar-refractivity contribution in [1.29, 1.82) is 0 Å². The molecule has 0 atom stereocenters. The Kier molecular flexibility index (Phi) is 7.07. The first-order valence-corrected chi connectivity index (χ1v) is 12.5. The van der Waals surface area contributed by atoms with Crippen LogP contribution in [0.15, 0.2) is 0 Å². The molecule has 0 saturated carbocycles. The molecule has 0 aromatic carbocycles. The molecule has 6 nitrogen and oxygen atoms in total. The zero-order chi connectivity index (χ0) is 17.1. The molecule has 0 bridgehead atoms. The van der Waals surface area contributed by atoms with Gasteiger partial charge in [-0.05, 0) is 0 Å². The Morgan fingerprint density at radius 3 is 1.35 bits per heavy atom. The van der Waals surface area contributed by atoms with Gasteiger partial charge in [0.15, 0.2) is 0 Å². The average Bonchev–Trinajstić information content (AvgIpc) is 2.45. The van der Waals surface area contributed by atoms with Crippen LogP contribution in [-0.4, -0.2) is 71.0 Å². The summed E-state index contributed by atoms with van der Waals surface area (Å²) in [7, 11) is 0. The molecular formula is C15H30As2O6. The van der Waals surface area contributed by atoms with Crippen molar-refractivity contribution in [2.45, 2.75) is 41.5 Å². The summed E-state index contributed by atoms with van der Waals surface area (Å²) in [4.78, 5) is 0. The molecule has 0 spiro atoms. The molecule has 0 aromatic heterocycles. The van der Waals surface area contributed by atoms with Gasteiger partial charge in [-0.3, -0.25) is 0 Å². The molecule has 23 heavy (non-hydrogen) atoms. The van der Waals surface area contributed by atoms with E-state index in [0.717, 1.165) is 0 Å². The molecule has 2 saturated heterocycles. The first-order valence-electron chi connectivity index (χ1n) is 7.95. The van der Waals surface area contributed by atoms with Crippen LogP contribution in [0.25, 0.3) is 0 Å². The summed E-state index contributed by atoms with van der Waals surface area (Å²) in [6.45, 7) is 16.7. The molecule has 0 N–H and O–H groups in total. The van der Waals surface area contributed by atoms with Gasteiger partial charge in [0.25, 0.3) is 0 Å². The zero-order valence-electron chi connectivity index (χ0n) is 15.1. The molecule has 8 heteroatoms.